The Morgan fingerprint density at radius 1 is 1.04 bits per heavy atom. The fourth-order valence-corrected chi connectivity index (χ4v) is 2.46. The molecule has 132 valence electrons. The number of ketones is 1. The summed E-state index contributed by atoms with van der Waals surface area (Å²) in [5.41, 5.74) is -0.0390. The molecule has 0 aliphatic carbocycles. The molecule has 0 amide bonds. The van der Waals surface area contributed by atoms with E-state index in [4.69, 9.17) is 9.47 Å². The first-order valence-electron chi connectivity index (χ1n) is 8.00. The number of benzene rings is 2. The summed E-state index contributed by atoms with van der Waals surface area (Å²) in [6, 6.07) is 13.1. The number of fused-ring (bicyclic) bond motifs is 1. The molecule has 2 aromatic carbocycles. The van der Waals surface area contributed by atoms with Crippen LogP contribution in [0, 0.1) is 0 Å². The Hall–Kier alpha value is -3.48. The van der Waals surface area contributed by atoms with Crippen molar-refractivity contribution in [1.82, 2.24) is 10.2 Å². The molecule has 0 atom stereocenters. The van der Waals surface area contributed by atoms with Crippen LogP contribution in [0.15, 0.2) is 53.3 Å². The van der Waals surface area contributed by atoms with Gasteiger partial charge in [0.1, 0.15) is 5.75 Å². The molecule has 0 radical (unpaired) electrons. The maximum atomic E-state index is 12.3. The van der Waals surface area contributed by atoms with Crippen molar-refractivity contribution in [2.24, 2.45) is 0 Å². The molecule has 0 fully saturated rings. The van der Waals surface area contributed by atoms with E-state index in [0.717, 1.165) is 0 Å². The Balaban J connectivity index is 1.72. The number of H-pyrrole nitrogens is 1. The Morgan fingerprint density at radius 3 is 2.42 bits per heavy atom. The molecule has 3 rings (SSSR count). The molecule has 1 N–H and O–H groups in total. The maximum Gasteiger partial charge on any atom is 0.359 e. The Labute approximate surface area is 148 Å². The van der Waals surface area contributed by atoms with Gasteiger partial charge in [-0.1, -0.05) is 18.2 Å². The van der Waals surface area contributed by atoms with Gasteiger partial charge in [0, 0.05) is 10.9 Å². The van der Waals surface area contributed by atoms with Crippen LogP contribution in [0.3, 0.4) is 0 Å². The first-order chi connectivity index (χ1) is 12.6. The molecule has 7 heteroatoms. The van der Waals surface area contributed by atoms with Gasteiger partial charge in [-0.15, -0.1) is 0 Å². The van der Waals surface area contributed by atoms with Crippen molar-refractivity contribution in [3.63, 3.8) is 0 Å². The fraction of sp³-hybridized carbons (Fsp3) is 0.158. The number of esters is 1. The minimum atomic E-state index is -0.781. The van der Waals surface area contributed by atoms with Gasteiger partial charge in [-0.05, 0) is 37.3 Å². The van der Waals surface area contributed by atoms with Crippen LogP contribution in [-0.2, 0) is 4.74 Å². The number of hydrogen-bond donors (Lipinski definition) is 1. The Morgan fingerprint density at radius 2 is 1.73 bits per heavy atom. The second-order valence-electron chi connectivity index (χ2n) is 5.40. The molecule has 0 aliphatic heterocycles. The average Bonchev–Trinajstić information content (AvgIpc) is 2.67. The van der Waals surface area contributed by atoms with Crippen LogP contribution in [-0.4, -0.2) is 35.2 Å². The van der Waals surface area contributed by atoms with Crippen molar-refractivity contribution in [2.45, 2.75) is 6.92 Å². The lowest BCUT2D eigenvalue weighted by Gasteiger charge is -2.07. The highest BCUT2D eigenvalue weighted by molar-refractivity contribution is 6.04. The topological polar surface area (TPSA) is 98.3 Å². The lowest BCUT2D eigenvalue weighted by atomic mass is 10.1. The summed E-state index contributed by atoms with van der Waals surface area (Å²) in [6.07, 6.45) is 0. The van der Waals surface area contributed by atoms with E-state index in [9.17, 15) is 14.4 Å². The number of nitrogens with zero attached hydrogens (tertiary/aromatic N) is 1. The summed E-state index contributed by atoms with van der Waals surface area (Å²) in [4.78, 5) is 36.2. The van der Waals surface area contributed by atoms with Crippen molar-refractivity contribution in [1.29, 1.82) is 0 Å². The Bertz CT molecular complexity index is 1010. The van der Waals surface area contributed by atoms with E-state index < -0.39 is 18.1 Å². The van der Waals surface area contributed by atoms with Crippen LogP contribution >= 0.6 is 0 Å². The summed E-state index contributed by atoms with van der Waals surface area (Å²) >= 11 is 0. The third-order valence-electron chi connectivity index (χ3n) is 3.71. The van der Waals surface area contributed by atoms with Gasteiger partial charge < -0.3 is 9.47 Å². The second-order valence-corrected chi connectivity index (χ2v) is 5.40. The molecule has 0 spiro atoms. The predicted octanol–water partition coefficient (Wildman–Crippen LogP) is 2.36. The normalized spacial score (nSPS) is 10.5. The number of Topliss-reactive ketones (excluding diaryl/α,β-unsaturated/α-hetero) is 1. The molecule has 0 aliphatic rings. The van der Waals surface area contributed by atoms with Gasteiger partial charge in [-0.25, -0.2) is 9.89 Å². The zero-order chi connectivity index (χ0) is 18.5. The van der Waals surface area contributed by atoms with Gasteiger partial charge >= 0.3 is 5.97 Å². The number of carbonyl (C=O) groups is 2. The molecule has 26 heavy (non-hydrogen) atoms. The molecule has 0 saturated carbocycles. The summed E-state index contributed by atoms with van der Waals surface area (Å²) in [7, 11) is 0. The van der Waals surface area contributed by atoms with Crippen LogP contribution in [0.2, 0.25) is 0 Å². The van der Waals surface area contributed by atoms with Gasteiger partial charge in [0.25, 0.3) is 5.56 Å². The van der Waals surface area contributed by atoms with Crippen LogP contribution < -0.4 is 10.3 Å². The second kappa shape index (κ2) is 7.60. The van der Waals surface area contributed by atoms with Crippen molar-refractivity contribution in [3.8, 4) is 5.75 Å². The molecular formula is C19H16N2O5. The lowest BCUT2D eigenvalue weighted by Crippen LogP contribution is -2.19. The van der Waals surface area contributed by atoms with E-state index in [2.05, 4.69) is 10.2 Å². The number of carbonyl (C=O) groups excluding carboxylic acids is 2. The van der Waals surface area contributed by atoms with Gasteiger partial charge in [0.05, 0.1) is 12.0 Å². The van der Waals surface area contributed by atoms with E-state index >= 15 is 0 Å². The molecule has 3 aromatic rings. The monoisotopic (exact) mass is 352 g/mol. The standard InChI is InChI=1S/C19H16N2O5/c1-2-25-13-9-7-12(8-10-13)16(22)11-26-19(24)17-14-5-3-4-6-15(14)18(23)21-20-17/h3-10H,2,11H2,1H3,(H,21,23). The largest absolute Gasteiger partial charge is 0.494 e. The molecule has 0 unspecified atom stereocenters. The van der Waals surface area contributed by atoms with E-state index in [1.807, 2.05) is 6.92 Å². The van der Waals surface area contributed by atoms with Gasteiger partial charge in [-0.3, -0.25) is 9.59 Å². The number of hydrogen-bond acceptors (Lipinski definition) is 6. The highest BCUT2D eigenvalue weighted by Gasteiger charge is 2.17. The third kappa shape index (κ3) is 3.61. The Kier molecular flexibility index (Phi) is 5.07. The molecule has 1 heterocycles. The van der Waals surface area contributed by atoms with E-state index in [0.29, 0.717) is 28.7 Å². The molecular weight excluding hydrogens is 336 g/mol. The van der Waals surface area contributed by atoms with Crippen molar-refractivity contribution >= 4 is 22.5 Å². The van der Waals surface area contributed by atoms with Crippen LogP contribution in [0.4, 0.5) is 0 Å². The highest BCUT2D eigenvalue weighted by atomic mass is 16.5. The number of nitrogens with one attached hydrogen (secondary N) is 1. The minimum absolute atomic E-state index is 0.0420. The van der Waals surface area contributed by atoms with Crippen molar-refractivity contribution < 1.29 is 19.1 Å². The third-order valence-corrected chi connectivity index (χ3v) is 3.71. The average molecular weight is 352 g/mol. The number of aromatic amines is 1. The fourth-order valence-electron chi connectivity index (χ4n) is 2.46. The van der Waals surface area contributed by atoms with Gasteiger partial charge in [0.15, 0.2) is 18.1 Å². The maximum absolute atomic E-state index is 12.3. The van der Waals surface area contributed by atoms with E-state index in [1.165, 1.54) is 0 Å². The van der Waals surface area contributed by atoms with Crippen LogP contribution in [0.1, 0.15) is 27.8 Å². The molecule has 0 saturated heterocycles. The van der Waals surface area contributed by atoms with Crippen molar-refractivity contribution in [2.75, 3.05) is 13.2 Å². The van der Waals surface area contributed by atoms with E-state index in [1.54, 1.807) is 48.5 Å². The summed E-state index contributed by atoms with van der Waals surface area (Å²) in [5.74, 6) is -0.475. The van der Waals surface area contributed by atoms with Gasteiger partial charge in [0.2, 0.25) is 0 Å². The summed E-state index contributed by atoms with van der Waals surface area (Å²) < 4.78 is 10.4. The summed E-state index contributed by atoms with van der Waals surface area (Å²) in [6.45, 7) is 1.97. The SMILES string of the molecule is CCOc1ccc(C(=O)COC(=O)c2n[nH]c(=O)c3ccccc23)cc1. The molecule has 7 nitrogen and oxygen atoms in total. The first kappa shape index (κ1) is 17.3. The zero-order valence-electron chi connectivity index (χ0n) is 14.0. The van der Waals surface area contributed by atoms with Crippen LogP contribution in [0.5, 0.6) is 5.75 Å². The number of rotatable bonds is 6. The minimum Gasteiger partial charge on any atom is -0.494 e. The van der Waals surface area contributed by atoms with Crippen molar-refractivity contribution in [3.05, 3.63) is 70.1 Å². The first-order valence-corrected chi connectivity index (χ1v) is 8.00. The zero-order valence-corrected chi connectivity index (χ0v) is 14.0. The highest BCUT2D eigenvalue weighted by Crippen LogP contribution is 2.15. The van der Waals surface area contributed by atoms with Gasteiger partial charge in [-0.2, -0.15) is 5.10 Å². The number of aromatic nitrogens is 2. The lowest BCUT2D eigenvalue weighted by molar-refractivity contribution is 0.0470. The van der Waals surface area contributed by atoms with E-state index in [-0.39, 0.29) is 11.5 Å². The quantitative estimate of drug-likeness (QED) is 0.540. The summed E-state index contributed by atoms with van der Waals surface area (Å²) in [5, 5.41) is 6.70. The molecule has 1 aromatic heterocycles. The predicted molar refractivity (Wildman–Crippen MR) is 94.6 cm³/mol. The van der Waals surface area contributed by atoms with Crippen LogP contribution in [0.25, 0.3) is 10.8 Å². The molecule has 0 bridgehead atoms. The smallest absolute Gasteiger partial charge is 0.359 e. The number of ether oxygens (including phenoxy) is 2.